The highest BCUT2D eigenvalue weighted by Gasteiger charge is 2.39. The first-order chi connectivity index (χ1) is 20.9. The predicted molar refractivity (Wildman–Crippen MR) is 205 cm³/mol. The van der Waals surface area contributed by atoms with E-state index in [-0.39, 0.29) is 0 Å². The van der Waals surface area contributed by atoms with E-state index < -0.39 is 25.2 Å². The molecule has 0 aromatic rings. The molecule has 0 saturated carbocycles. The van der Waals surface area contributed by atoms with E-state index >= 15 is 0 Å². The molecule has 0 aliphatic carbocycles. The molecule has 7 heteroatoms. The van der Waals surface area contributed by atoms with Gasteiger partial charge in [-0.1, -0.05) is 130 Å². The zero-order chi connectivity index (χ0) is 33.2. The Bertz CT molecular complexity index is 637. The van der Waals surface area contributed by atoms with Crippen molar-refractivity contribution in [2.75, 3.05) is 39.0 Å². The summed E-state index contributed by atoms with van der Waals surface area (Å²) in [7, 11) is -5.78. The second-order valence-corrected chi connectivity index (χ2v) is 28.1. The summed E-state index contributed by atoms with van der Waals surface area (Å²) in [4.78, 5) is 0. The fourth-order valence-corrected chi connectivity index (χ4v) is 20.6. The summed E-state index contributed by atoms with van der Waals surface area (Å²) < 4.78 is 21.3. The molecule has 0 spiro atoms. The molecule has 0 bridgehead atoms. The number of rotatable bonds is 33. The van der Waals surface area contributed by atoms with Crippen LogP contribution in [0.5, 0.6) is 0 Å². The molecule has 0 fully saturated rings. The van der Waals surface area contributed by atoms with Crippen molar-refractivity contribution in [1.29, 1.82) is 0 Å². The van der Waals surface area contributed by atoms with Gasteiger partial charge in [0.2, 0.25) is 8.32 Å². The highest BCUT2D eigenvalue weighted by molar-refractivity contribution is 6.87. The lowest BCUT2D eigenvalue weighted by Crippen LogP contribution is -2.55. The topological polar surface area (TPSA) is 27.7 Å². The standard InChI is InChI=1S/C37H84NO3Si3/c1-11-15-19-20-21-22-23-24-25-26-27-28-29-30-33-38(31-16-12-2,32-17-13-3)34-35-39-37-43(7,8)41-44(9,10)40-42(5,6)36-18-14-4/h11-37H2,1-10H3/q+1. The molecule has 0 radical (unpaired) electrons. The zero-order valence-electron chi connectivity index (χ0n) is 32.3. The largest absolute Gasteiger partial charge is 0.437 e. The van der Waals surface area contributed by atoms with Gasteiger partial charge >= 0.3 is 8.56 Å². The van der Waals surface area contributed by atoms with Crippen LogP contribution in [0.4, 0.5) is 0 Å². The lowest BCUT2D eigenvalue weighted by molar-refractivity contribution is -0.929. The second-order valence-electron chi connectivity index (χ2n) is 15.8. The van der Waals surface area contributed by atoms with Gasteiger partial charge in [0.05, 0.1) is 32.5 Å². The van der Waals surface area contributed by atoms with Crippen molar-refractivity contribution < 1.29 is 17.5 Å². The minimum atomic E-state index is -2.16. The average molecular weight is 675 g/mol. The summed E-state index contributed by atoms with van der Waals surface area (Å²) in [6.07, 6.45) is 28.6. The third-order valence-corrected chi connectivity index (χ3v) is 20.1. The van der Waals surface area contributed by atoms with Crippen LogP contribution in [-0.4, -0.2) is 68.7 Å². The molecular weight excluding hydrogens is 591 g/mol. The van der Waals surface area contributed by atoms with E-state index in [1.807, 2.05) is 0 Å². The summed E-state index contributed by atoms with van der Waals surface area (Å²) in [5.41, 5.74) is 0. The summed E-state index contributed by atoms with van der Waals surface area (Å²) in [6.45, 7) is 29.2. The van der Waals surface area contributed by atoms with Gasteiger partial charge in [-0.15, -0.1) is 0 Å². The van der Waals surface area contributed by atoms with Gasteiger partial charge < -0.3 is 17.5 Å². The maximum Gasteiger partial charge on any atom is 0.311 e. The number of ether oxygens (including phenoxy) is 1. The van der Waals surface area contributed by atoms with Crippen LogP contribution in [0.3, 0.4) is 0 Å². The molecule has 0 saturated heterocycles. The first-order valence-electron chi connectivity index (χ1n) is 19.7. The summed E-state index contributed by atoms with van der Waals surface area (Å²) in [5, 5.41) is 0. The van der Waals surface area contributed by atoms with E-state index in [2.05, 4.69) is 67.0 Å². The van der Waals surface area contributed by atoms with Gasteiger partial charge in [0, 0.05) is 0 Å². The Balaban J connectivity index is 4.61. The van der Waals surface area contributed by atoms with E-state index in [0.717, 1.165) is 19.4 Å². The van der Waals surface area contributed by atoms with Crippen LogP contribution in [0.15, 0.2) is 0 Å². The van der Waals surface area contributed by atoms with Crippen LogP contribution in [0, 0.1) is 0 Å². The molecule has 0 N–H and O–H groups in total. The van der Waals surface area contributed by atoms with Gasteiger partial charge in [-0.2, -0.15) is 0 Å². The maximum absolute atomic E-state index is 6.82. The lowest BCUT2D eigenvalue weighted by atomic mass is 10.0. The van der Waals surface area contributed by atoms with Gasteiger partial charge in [0.25, 0.3) is 0 Å². The van der Waals surface area contributed by atoms with Crippen LogP contribution in [-0.2, 0) is 13.0 Å². The molecule has 266 valence electrons. The fraction of sp³-hybridized carbons (Fsp3) is 1.00. The highest BCUT2D eigenvalue weighted by Crippen LogP contribution is 2.25. The molecule has 0 unspecified atom stereocenters. The van der Waals surface area contributed by atoms with Crippen molar-refractivity contribution in [3.63, 3.8) is 0 Å². The Morgan fingerprint density at radius 3 is 1.25 bits per heavy atom. The van der Waals surface area contributed by atoms with Gasteiger partial charge in [-0.25, -0.2) is 0 Å². The minimum Gasteiger partial charge on any atom is -0.437 e. The molecule has 44 heavy (non-hydrogen) atoms. The van der Waals surface area contributed by atoms with Crippen LogP contribution in [0.2, 0.25) is 45.3 Å². The molecule has 4 nitrogen and oxygen atoms in total. The molecule has 0 aliphatic heterocycles. The zero-order valence-corrected chi connectivity index (χ0v) is 35.3. The van der Waals surface area contributed by atoms with E-state index in [1.165, 1.54) is 159 Å². The number of hydrogen-bond donors (Lipinski definition) is 0. The summed E-state index contributed by atoms with van der Waals surface area (Å²) in [5.74, 6) is 0. The van der Waals surface area contributed by atoms with Gasteiger partial charge in [-0.3, -0.25) is 0 Å². The van der Waals surface area contributed by atoms with Crippen molar-refractivity contribution in [3.8, 4) is 0 Å². The van der Waals surface area contributed by atoms with E-state index in [4.69, 9.17) is 13.0 Å². The average Bonchev–Trinajstić information content (AvgIpc) is 2.95. The monoisotopic (exact) mass is 675 g/mol. The summed E-state index contributed by atoms with van der Waals surface area (Å²) >= 11 is 0. The number of quaternary nitrogens is 1. The third kappa shape index (κ3) is 25.6. The van der Waals surface area contributed by atoms with E-state index in [0.29, 0.717) is 0 Å². The number of unbranched alkanes of at least 4 members (excludes halogenated alkanes) is 16. The van der Waals surface area contributed by atoms with Crippen molar-refractivity contribution in [3.05, 3.63) is 0 Å². The molecule has 0 amide bonds. The first kappa shape index (κ1) is 44.5. The van der Waals surface area contributed by atoms with Crippen molar-refractivity contribution in [2.45, 2.75) is 201 Å². The van der Waals surface area contributed by atoms with E-state index in [9.17, 15) is 0 Å². The Kier molecular flexibility index (Phi) is 26.7. The summed E-state index contributed by atoms with van der Waals surface area (Å²) in [6, 6.07) is 1.23. The smallest absolute Gasteiger partial charge is 0.311 e. The van der Waals surface area contributed by atoms with Crippen LogP contribution in [0.25, 0.3) is 0 Å². The van der Waals surface area contributed by atoms with Crippen LogP contribution < -0.4 is 0 Å². The number of hydrogen-bond acceptors (Lipinski definition) is 3. The Hall–Kier alpha value is 0.491. The van der Waals surface area contributed by atoms with Crippen LogP contribution >= 0.6 is 0 Å². The Morgan fingerprint density at radius 2 is 0.795 bits per heavy atom. The van der Waals surface area contributed by atoms with Gasteiger partial charge in [-0.05, 0) is 71.0 Å². The van der Waals surface area contributed by atoms with Crippen LogP contribution in [0.1, 0.15) is 156 Å². The quantitative estimate of drug-likeness (QED) is 0.0394. The molecule has 0 heterocycles. The molecule has 0 aromatic carbocycles. The molecule has 0 aromatic heterocycles. The molecule has 0 aliphatic rings. The Labute approximate surface area is 282 Å². The fourth-order valence-electron chi connectivity index (χ4n) is 6.91. The lowest BCUT2D eigenvalue weighted by Gasteiger charge is -2.40. The minimum absolute atomic E-state index is 0.782. The predicted octanol–water partition coefficient (Wildman–Crippen LogP) is 12.4. The second kappa shape index (κ2) is 26.4. The van der Waals surface area contributed by atoms with Gasteiger partial charge in [0.15, 0.2) is 8.32 Å². The molecular formula is C37H84NO3Si3+. The van der Waals surface area contributed by atoms with Crippen molar-refractivity contribution >= 4 is 25.2 Å². The Morgan fingerprint density at radius 1 is 0.409 bits per heavy atom. The molecule has 0 atom stereocenters. The van der Waals surface area contributed by atoms with Crippen molar-refractivity contribution in [1.82, 2.24) is 0 Å². The third-order valence-electron chi connectivity index (χ3n) is 9.29. The first-order valence-corrected chi connectivity index (χ1v) is 28.7. The van der Waals surface area contributed by atoms with Gasteiger partial charge in [0.1, 0.15) is 6.54 Å². The SMILES string of the molecule is CCCCCCCCCCCCCCCC[N+](CCCC)(CCCC)CCOC[Si](C)(C)O[Si](C)(C)O[Si](C)(C)CCCC. The highest BCUT2D eigenvalue weighted by atomic mass is 28.5. The molecule has 0 rings (SSSR count). The normalized spacial score (nSPS) is 13.2. The van der Waals surface area contributed by atoms with Crippen molar-refractivity contribution in [2.24, 2.45) is 0 Å². The van der Waals surface area contributed by atoms with E-state index in [1.54, 1.807) is 0 Å². The maximum atomic E-state index is 6.82. The number of nitrogens with zero attached hydrogens (tertiary/aromatic N) is 1.